The van der Waals surface area contributed by atoms with Gasteiger partial charge in [-0.1, -0.05) is 0 Å². The number of carbonyl (C=O) groups is 1. The summed E-state index contributed by atoms with van der Waals surface area (Å²) in [4.78, 5) is 10.8. The first-order chi connectivity index (χ1) is 4.75. The van der Waals surface area contributed by atoms with Gasteiger partial charge in [-0.3, -0.25) is 0 Å². The van der Waals surface area contributed by atoms with Gasteiger partial charge in [0.15, 0.2) is 5.69 Å². The zero-order valence-electron chi connectivity index (χ0n) is 5.24. The van der Waals surface area contributed by atoms with Crippen LogP contribution in [0.5, 0.6) is 0 Å². The van der Waals surface area contributed by atoms with E-state index in [1.54, 1.807) is 12.3 Å². The minimum Gasteiger partial charge on any atom is -0.464 e. The Kier molecular flexibility index (Phi) is 2.25. The van der Waals surface area contributed by atoms with Crippen molar-refractivity contribution in [2.45, 2.75) is 0 Å². The van der Waals surface area contributed by atoms with Crippen LogP contribution in [0.25, 0.3) is 0 Å². The number of methoxy groups -OCH3 is 1. The van der Waals surface area contributed by atoms with Crippen LogP contribution >= 0.6 is 22.9 Å². The minimum atomic E-state index is -0.369. The largest absolute Gasteiger partial charge is 0.464 e. The van der Waals surface area contributed by atoms with Crippen molar-refractivity contribution < 1.29 is 9.53 Å². The standard InChI is InChI=1S/C5H5IN2O2/c1-10-5(9)4-2-3-7-8(4)6/h2-3H,1H3. The van der Waals surface area contributed by atoms with Gasteiger partial charge >= 0.3 is 5.97 Å². The summed E-state index contributed by atoms with van der Waals surface area (Å²) in [5.74, 6) is -0.369. The number of nitrogens with zero attached hydrogens (tertiary/aromatic N) is 2. The maximum Gasteiger partial charge on any atom is 0.357 e. The van der Waals surface area contributed by atoms with E-state index in [4.69, 9.17) is 0 Å². The molecule has 1 rings (SSSR count). The van der Waals surface area contributed by atoms with E-state index in [2.05, 4.69) is 9.84 Å². The van der Waals surface area contributed by atoms with Gasteiger partial charge < -0.3 is 4.74 Å². The molecule has 1 heterocycles. The monoisotopic (exact) mass is 252 g/mol. The van der Waals surface area contributed by atoms with Crippen LogP contribution < -0.4 is 0 Å². The molecular weight excluding hydrogens is 247 g/mol. The Labute approximate surface area is 71.7 Å². The van der Waals surface area contributed by atoms with Crippen LogP contribution in [0.15, 0.2) is 12.3 Å². The van der Waals surface area contributed by atoms with Gasteiger partial charge in [-0.25, -0.2) is 4.79 Å². The highest BCUT2D eigenvalue weighted by Crippen LogP contribution is 2.03. The SMILES string of the molecule is COC(=O)c1ccnn1I. The second kappa shape index (κ2) is 3.00. The fourth-order valence-electron chi connectivity index (χ4n) is 0.534. The molecule has 0 aliphatic rings. The lowest BCUT2D eigenvalue weighted by Gasteiger charge is -1.94. The maximum absolute atomic E-state index is 10.8. The maximum atomic E-state index is 10.8. The molecule has 0 saturated carbocycles. The van der Waals surface area contributed by atoms with Crippen LogP contribution in [0, 0.1) is 0 Å². The first-order valence-corrected chi connectivity index (χ1v) is 3.50. The third-order valence-electron chi connectivity index (χ3n) is 0.994. The summed E-state index contributed by atoms with van der Waals surface area (Å²) >= 11 is 1.90. The topological polar surface area (TPSA) is 44.1 Å². The number of hydrogen-bond donors (Lipinski definition) is 0. The van der Waals surface area contributed by atoms with Crippen LogP contribution in [0.4, 0.5) is 0 Å². The van der Waals surface area contributed by atoms with E-state index in [0.717, 1.165) is 0 Å². The van der Waals surface area contributed by atoms with Gasteiger partial charge in [0, 0.05) is 0 Å². The van der Waals surface area contributed by atoms with Crippen molar-refractivity contribution in [3.8, 4) is 0 Å². The summed E-state index contributed by atoms with van der Waals surface area (Å²) in [7, 11) is 1.34. The smallest absolute Gasteiger partial charge is 0.357 e. The summed E-state index contributed by atoms with van der Waals surface area (Å²) in [5.41, 5.74) is 0.447. The Morgan fingerprint density at radius 3 is 3.00 bits per heavy atom. The molecule has 1 aromatic heterocycles. The second-order valence-corrected chi connectivity index (χ2v) is 2.48. The molecule has 0 saturated heterocycles. The summed E-state index contributed by atoms with van der Waals surface area (Å²) in [6, 6.07) is 1.60. The molecule has 54 valence electrons. The van der Waals surface area contributed by atoms with Gasteiger partial charge in [0.2, 0.25) is 0 Å². The van der Waals surface area contributed by atoms with Crippen molar-refractivity contribution >= 4 is 28.8 Å². The van der Waals surface area contributed by atoms with Gasteiger partial charge in [-0.05, 0) is 6.07 Å². The number of halogens is 1. The van der Waals surface area contributed by atoms with Crippen molar-refractivity contribution in [1.82, 2.24) is 7.99 Å². The highest BCUT2D eigenvalue weighted by atomic mass is 127. The van der Waals surface area contributed by atoms with E-state index in [-0.39, 0.29) is 5.97 Å². The van der Waals surface area contributed by atoms with E-state index < -0.39 is 0 Å². The number of aromatic nitrogens is 2. The van der Waals surface area contributed by atoms with Gasteiger partial charge in [0.05, 0.1) is 36.2 Å². The molecule has 0 bridgehead atoms. The van der Waals surface area contributed by atoms with Crippen LogP contribution in [0.1, 0.15) is 10.5 Å². The lowest BCUT2D eigenvalue weighted by molar-refractivity contribution is 0.0593. The molecule has 10 heavy (non-hydrogen) atoms. The van der Waals surface area contributed by atoms with Crippen LogP contribution in [0.3, 0.4) is 0 Å². The van der Waals surface area contributed by atoms with Crippen molar-refractivity contribution in [2.75, 3.05) is 7.11 Å². The van der Waals surface area contributed by atoms with E-state index in [1.807, 2.05) is 22.9 Å². The lowest BCUT2D eigenvalue weighted by atomic mass is 10.4. The number of rotatable bonds is 1. The molecule has 1 aromatic rings. The number of ether oxygens (including phenoxy) is 1. The zero-order valence-corrected chi connectivity index (χ0v) is 7.40. The molecule has 0 amide bonds. The Morgan fingerprint density at radius 2 is 2.60 bits per heavy atom. The lowest BCUT2D eigenvalue weighted by Crippen LogP contribution is -2.04. The normalized spacial score (nSPS) is 9.40. The Balaban J connectivity index is 2.93. The number of esters is 1. The first-order valence-electron chi connectivity index (χ1n) is 2.54. The molecule has 0 spiro atoms. The summed E-state index contributed by atoms with van der Waals surface area (Å²) < 4.78 is 5.90. The summed E-state index contributed by atoms with van der Waals surface area (Å²) in [5, 5.41) is 3.79. The second-order valence-electron chi connectivity index (χ2n) is 1.57. The molecule has 0 aliphatic carbocycles. The number of carbonyl (C=O) groups excluding carboxylic acids is 1. The van der Waals surface area contributed by atoms with Gasteiger partial charge in [-0.15, -0.1) is 0 Å². The molecule has 4 nitrogen and oxygen atoms in total. The molecule has 0 aliphatic heterocycles. The molecular formula is C5H5IN2O2. The van der Waals surface area contributed by atoms with Crippen molar-refractivity contribution in [2.24, 2.45) is 0 Å². The summed E-state index contributed by atoms with van der Waals surface area (Å²) in [6.45, 7) is 0. The van der Waals surface area contributed by atoms with Crippen LogP contribution in [-0.4, -0.2) is 21.1 Å². The van der Waals surface area contributed by atoms with Gasteiger partial charge in [0.1, 0.15) is 0 Å². The molecule has 0 aromatic carbocycles. The average molecular weight is 252 g/mol. The van der Waals surface area contributed by atoms with Crippen molar-refractivity contribution in [3.05, 3.63) is 18.0 Å². The zero-order chi connectivity index (χ0) is 7.56. The van der Waals surface area contributed by atoms with Crippen molar-refractivity contribution in [3.63, 3.8) is 0 Å². The van der Waals surface area contributed by atoms with Crippen molar-refractivity contribution in [1.29, 1.82) is 0 Å². The molecule has 5 heteroatoms. The third kappa shape index (κ3) is 1.28. The number of hydrogen-bond acceptors (Lipinski definition) is 3. The van der Waals surface area contributed by atoms with E-state index in [9.17, 15) is 4.79 Å². The fourth-order valence-corrected chi connectivity index (χ4v) is 1.04. The molecule has 0 unspecified atom stereocenters. The fraction of sp³-hybridized carbons (Fsp3) is 0.200. The highest BCUT2D eigenvalue weighted by Gasteiger charge is 2.08. The highest BCUT2D eigenvalue weighted by molar-refractivity contribution is 14.1. The third-order valence-corrected chi connectivity index (χ3v) is 1.76. The summed E-state index contributed by atoms with van der Waals surface area (Å²) in [6.07, 6.45) is 1.54. The molecule has 0 N–H and O–H groups in total. The van der Waals surface area contributed by atoms with Crippen LogP contribution in [0.2, 0.25) is 0 Å². The minimum absolute atomic E-state index is 0.369. The van der Waals surface area contributed by atoms with E-state index in [1.165, 1.54) is 10.0 Å². The Hall–Kier alpha value is -0.590. The Morgan fingerprint density at radius 1 is 1.90 bits per heavy atom. The first kappa shape index (κ1) is 7.52. The van der Waals surface area contributed by atoms with E-state index in [0.29, 0.717) is 5.69 Å². The predicted molar refractivity (Wildman–Crippen MR) is 43.0 cm³/mol. The predicted octanol–water partition coefficient (Wildman–Crippen LogP) is 0.868. The van der Waals surface area contributed by atoms with E-state index >= 15 is 0 Å². The molecule has 0 atom stereocenters. The average Bonchev–Trinajstić information content (AvgIpc) is 2.34. The molecule has 0 radical (unpaired) electrons. The molecule has 0 fully saturated rings. The quantitative estimate of drug-likeness (QED) is 0.550. The van der Waals surface area contributed by atoms with Crippen LogP contribution in [-0.2, 0) is 4.74 Å². The Bertz CT molecular complexity index is 246. The van der Waals surface area contributed by atoms with Gasteiger partial charge in [0.25, 0.3) is 0 Å². The van der Waals surface area contributed by atoms with Gasteiger partial charge in [-0.2, -0.15) is 7.99 Å².